The summed E-state index contributed by atoms with van der Waals surface area (Å²) in [5.41, 5.74) is 0. The smallest absolute Gasteiger partial charge is 0.323 e. The van der Waals surface area contributed by atoms with Crippen LogP contribution in [0.1, 0.15) is 33.6 Å². The van der Waals surface area contributed by atoms with E-state index in [0.29, 0.717) is 24.5 Å². The molecule has 0 saturated carbocycles. The molecule has 0 aliphatic heterocycles. The Bertz CT molecular complexity index is 373. The highest BCUT2D eigenvalue weighted by molar-refractivity contribution is 5.35. The highest BCUT2D eigenvalue weighted by atomic mass is 16.5. The third-order valence-corrected chi connectivity index (χ3v) is 2.16. The van der Waals surface area contributed by atoms with Gasteiger partial charge >= 0.3 is 6.01 Å². The zero-order valence-electron chi connectivity index (χ0n) is 11.8. The standard InChI is InChI=1S/C12H23N5O2/c1-4-13-10-15-11(14-7-5-6-8-18)17-12(16-10)19-9(2)3/h9,18H,4-8H2,1-3H3,(H2,13,14,15,16,17). The number of nitrogens with one attached hydrogen (secondary N) is 2. The largest absolute Gasteiger partial charge is 0.461 e. The van der Waals surface area contributed by atoms with E-state index in [0.717, 1.165) is 19.4 Å². The Hall–Kier alpha value is -1.63. The summed E-state index contributed by atoms with van der Waals surface area (Å²) in [5, 5.41) is 14.9. The van der Waals surface area contributed by atoms with Crippen LogP contribution in [0.3, 0.4) is 0 Å². The SMILES string of the molecule is CCNc1nc(NCCCCO)nc(OC(C)C)n1. The fraction of sp³-hybridized carbons (Fsp3) is 0.750. The van der Waals surface area contributed by atoms with E-state index >= 15 is 0 Å². The maximum atomic E-state index is 8.72. The Labute approximate surface area is 113 Å². The molecule has 0 radical (unpaired) electrons. The van der Waals surface area contributed by atoms with Crippen LogP contribution in [0.15, 0.2) is 0 Å². The first-order valence-corrected chi connectivity index (χ1v) is 6.67. The lowest BCUT2D eigenvalue weighted by molar-refractivity contribution is 0.222. The van der Waals surface area contributed by atoms with Crippen molar-refractivity contribution in [2.75, 3.05) is 30.3 Å². The van der Waals surface area contributed by atoms with Crippen LogP contribution in [-0.4, -0.2) is 45.9 Å². The number of nitrogens with zero attached hydrogens (tertiary/aromatic N) is 3. The summed E-state index contributed by atoms with van der Waals surface area (Å²) in [6.45, 7) is 7.45. The van der Waals surface area contributed by atoms with Gasteiger partial charge in [-0.25, -0.2) is 0 Å². The van der Waals surface area contributed by atoms with Crippen molar-refractivity contribution in [3.63, 3.8) is 0 Å². The van der Waals surface area contributed by atoms with Crippen molar-refractivity contribution in [1.82, 2.24) is 15.0 Å². The molecule has 0 atom stereocenters. The number of hydrogen-bond donors (Lipinski definition) is 3. The molecule has 1 heterocycles. The van der Waals surface area contributed by atoms with E-state index in [2.05, 4.69) is 25.6 Å². The summed E-state index contributed by atoms with van der Waals surface area (Å²) < 4.78 is 5.49. The fourth-order valence-corrected chi connectivity index (χ4v) is 1.37. The molecule has 0 bridgehead atoms. The molecule has 0 aliphatic rings. The molecule has 1 aromatic rings. The van der Waals surface area contributed by atoms with Crippen molar-refractivity contribution < 1.29 is 9.84 Å². The van der Waals surface area contributed by atoms with Crippen LogP contribution >= 0.6 is 0 Å². The highest BCUT2D eigenvalue weighted by Crippen LogP contribution is 2.12. The lowest BCUT2D eigenvalue weighted by Crippen LogP contribution is -2.14. The molecule has 0 fully saturated rings. The molecule has 0 aliphatic carbocycles. The van der Waals surface area contributed by atoms with Gasteiger partial charge in [-0.15, -0.1) is 0 Å². The van der Waals surface area contributed by atoms with Gasteiger partial charge < -0.3 is 20.5 Å². The minimum Gasteiger partial charge on any atom is -0.461 e. The average Bonchev–Trinajstić information content (AvgIpc) is 2.34. The number of hydrogen-bond acceptors (Lipinski definition) is 7. The van der Waals surface area contributed by atoms with Gasteiger partial charge in [-0.2, -0.15) is 15.0 Å². The molecular weight excluding hydrogens is 246 g/mol. The van der Waals surface area contributed by atoms with Gasteiger partial charge in [0.2, 0.25) is 11.9 Å². The lowest BCUT2D eigenvalue weighted by atomic mass is 10.3. The number of ether oxygens (including phenoxy) is 1. The summed E-state index contributed by atoms with van der Waals surface area (Å²) in [7, 11) is 0. The van der Waals surface area contributed by atoms with Crippen molar-refractivity contribution in [2.24, 2.45) is 0 Å². The van der Waals surface area contributed by atoms with Crippen LogP contribution in [0, 0.1) is 0 Å². The molecule has 0 spiro atoms. The number of unbranched alkanes of at least 4 members (excludes halogenated alkanes) is 1. The van der Waals surface area contributed by atoms with Crippen LogP contribution in [0.5, 0.6) is 6.01 Å². The average molecular weight is 269 g/mol. The highest BCUT2D eigenvalue weighted by Gasteiger charge is 2.08. The van der Waals surface area contributed by atoms with Crippen LogP contribution in [-0.2, 0) is 0 Å². The van der Waals surface area contributed by atoms with E-state index in [4.69, 9.17) is 9.84 Å². The molecule has 0 saturated heterocycles. The summed E-state index contributed by atoms with van der Waals surface area (Å²) in [6, 6.07) is 0.311. The molecule has 7 nitrogen and oxygen atoms in total. The predicted octanol–water partition coefficient (Wildman–Crippen LogP) is 1.27. The first kappa shape index (κ1) is 15.4. The van der Waals surface area contributed by atoms with Crippen LogP contribution in [0.2, 0.25) is 0 Å². The molecule has 7 heteroatoms. The fourth-order valence-electron chi connectivity index (χ4n) is 1.37. The van der Waals surface area contributed by atoms with Crippen LogP contribution in [0.4, 0.5) is 11.9 Å². The normalized spacial score (nSPS) is 10.6. The first-order valence-electron chi connectivity index (χ1n) is 6.67. The van der Waals surface area contributed by atoms with Gasteiger partial charge in [0.05, 0.1) is 6.10 Å². The zero-order chi connectivity index (χ0) is 14.1. The lowest BCUT2D eigenvalue weighted by Gasteiger charge is -2.11. The first-order chi connectivity index (χ1) is 9.15. The van der Waals surface area contributed by atoms with Crippen molar-refractivity contribution in [1.29, 1.82) is 0 Å². The molecule has 19 heavy (non-hydrogen) atoms. The van der Waals surface area contributed by atoms with Crippen LogP contribution in [0.25, 0.3) is 0 Å². The Morgan fingerprint density at radius 3 is 2.37 bits per heavy atom. The zero-order valence-corrected chi connectivity index (χ0v) is 11.8. The van der Waals surface area contributed by atoms with Gasteiger partial charge in [0.15, 0.2) is 0 Å². The number of rotatable bonds is 9. The second-order valence-electron chi connectivity index (χ2n) is 4.32. The van der Waals surface area contributed by atoms with Gasteiger partial charge in [-0.05, 0) is 33.6 Å². The Balaban J connectivity index is 2.68. The van der Waals surface area contributed by atoms with E-state index in [-0.39, 0.29) is 12.7 Å². The molecule has 0 amide bonds. The molecule has 1 aromatic heterocycles. The molecule has 1 rings (SSSR count). The minimum atomic E-state index is 0.0131. The molecule has 0 aromatic carbocycles. The maximum Gasteiger partial charge on any atom is 0.323 e. The van der Waals surface area contributed by atoms with E-state index < -0.39 is 0 Å². The Morgan fingerprint density at radius 2 is 1.79 bits per heavy atom. The third kappa shape index (κ3) is 6.19. The number of aliphatic hydroxyl groups is 1. The van der Waals surface area contributed by atoms with Gasteiger partial charge in [-0.3, -0.25) is 0 Å². The van der Waals surface area contributed by atoms with Crippen LogP contribution < -0.4 is 15.4 Å². The second kappa shape index (κ2) is 8.47. The summed E-state index contributed by atoms with van der Waals surface area (Å²) >= 11 is 0. The maximum absolute atomic E-state index is 8.72. The Kier molecular flexibility index (Phi) is 6.88. The molecule has 3 N–H and O–H groups in total. The van der Waals surface area contributed by atoms with Crippen molar-refractivity contribution in [3.05, 3.63) is 0 Å². The van der Waals surface area contributed by atoms with Gasteiger partial charge in [0.25, 0.3) is 0 Å². The van der Waals surface area contributed by atoms with Crippen molar-refractivity contribution in [3.8, 4) is 6.01 Å². The molecular formula is C12H23N5O2. The van der Waals surface area contributed by atoms with Gasteiger partial charge in [-0.1, -0.05) is 0 Å². The quantitative estimate of drug-likeness (QED) is 0.581. The van der Waals surface area contributed by atoms with Crippen molar-refractivity contribution in [2.45, 2.75) is 39.7 Å². The topological polar surface area (TPSA) is 92.2 Å². The molecule has 0 unspecified atom stereocenters. The summed E-state index contributed by atoms with van der Waals surface area (Å²) in [4.78, 5) is 12.6. The predicted molar refractivity (Wildman–Crippen MR) is 74.6 cm³/mol. The van der Waals surface area contributed by atoms with E-state index in [1.165, 1.54) is 0 Å². The number of anilines is 2. The minimum absolute atomic E-state index is 0.0131. The number of aliphatic hydroxyl groups excluding tert-OH is 1. The summed E-state index contributed by atoms with van der Waals surface area (Å²) in [5.74, 6) is 0.984. The van der Waals surface area contributed by atoms with E-state index in [1.54, 1.807) is 0 Å². The summed E-state index contributed by atoms with van der Waals surface area (Å²) in [6.07, 6.45) is 1.63. The molecule has 108 valence electrons. The third-order valence-electron chi connectivity index (χ3n) is 2.16. The number of aromatic nitrogens is 3. The van der Waals surface area contributed by atoms with E-state index in [9.17, 15) is 0 Å². The Morgan fingerprint density at radius 1 is 1.11 bits per heavy atom. The van der Waals surface area contributed by atoms with E-state index in [1.807, 2.05) is 20.8 Å². The van der Waals surface area contributed by atoms with Crippen molar-refractivity contribution >= 4 is 11.9 Å². The van der Waals surface area contributed by atoms with Gasteiger partial charge in [0, 0.05) is 19.7 Å². The second-order valence-corrected chi connectivity index (χ2v) is 4.32. The van der Waals surface area contributed by atoms with Gasteiger partial charge in [0.1, 0.15) is 0 Å². The monoisotopic (exact) mass is 269 g/mol.